The second-order valence-corrected chi connectivity index (χ2v) is 13.5. The maximum atomic E-state index is 10.7. The number of rotatable bonds is 6. The van der Waals surface area contributed by atoms with Crippen molar-refractivity contribution in [2.45, 2.75) is 110 Å². The molecule has 9 atom stereocenters. The van der Waals surface area contributed by atoms with Crippen molar-refractivity contribution in [3.8, 4) is 0 Å². The summed E-state index contributed by atoms with van der Waals surface area (Å²) < 4.78 is 0. The van der Waals surface area contributed by atoms with Gasteiger partial charge in [-0.1, -0.05) is 76.3 Å². The van der Waals surface area contributed by atoms with Crippen LogP contribution in [-0.2, 0) is 0 Å². The molecule has 1 unspecified atom stereocenters. The lowest BCUT2D eigenvalue weighted by atomic mass is 9.44. The van der Waals surface area contributed by atoms with Gasteiger partial charge in [-0.3, -0.25) is 0 Å². The summed E-state index contributed by atoms with van der Waals surface area (Å²) in [6, 6.07) is 7.77. The molecule has 33 heavy (non-hydrogen) atoms. The molecular weight excluding hydrogens is 424 g/mol. The van der Waals surface area contributed by atoms with Crippen molar-refractivity contribution in [2.75, 3.05) is 0 Å². The van der Waals surface area contributed by atoms with Crippen LogP contribution in [-0.4, -0.2) is 5.11 Å². The lowest BCUT2D eigenvalue weighted by molar-refractivity contribution is -0.114. The van der Waals surface area contributed by atoms with Crippen LogP contribution in [0.4, 0.5) is 0 Å². The molecule has 0 aromatic heterocycles. The zero-order valence-corrected chi connectivity index (χ0v) is 22.1. The summed E-state index contributed by atoms with van der Waals surface area (Å²) in [4.78, 5) is 0. The van der Waals surface area contributed by atoms with Crippen LogP contribution >= 0.6 is 11.6 Å². The number of hydrogen-bond donors (Lipinski definition) is 1. The average molecular weight is 471 g/mol. The molecule has 1 aromatic carbocycles. The Hall–Kier alpha value is -0.530. The number of aliphatic hydroxyl groups is 1. The van der Waals surface area contributed by atoms with Crippen LogP contribution in [0.2, 0.25) is 5.02 Å². The molecule has 0 heterocycles. The van der Waals surface area contributed by atoms with E-state index in [0.29, 0.717) is 15.9 Å². The Kier molecular flexibility index (Phi) is 6.96. The summed E-state index contributed by atoms with van der Waals surface area (Å²) in [5.41, 5.74) is 2.10. The topological polar surface area (TPSA) is 20.2 Å². The van der Waals surface area contributed by atoms with Gasteiger partial charge in [0.05, 0.1) is 6.10 Å². The zero-order chi connectivity index (χ0) is 23.2. The molecule has 1 N–H and O–H groups in total. The summed E-state index contributed by atoms with van der Waals surface area (Å²) in [5, 5.41) is 11.4. The van der Waals surface area contributed by atoms with Gasteiger partial charge in [0.2, 0.25) is 0 Å². The van der Waals surface area contributed by atoms with Crippen molar-refractivity contribution in [2.24, 2.45) is 46.3 Å². The van der Waals surface area contributed by atoms with Gasteiger partial charge < -0.3 is 5.11 Å². The van der Waals surface area contributed by atoms with E-state index in [4.69, 9.17) is 11.6 Å². The molecule has 0 aliphatic heterocycles. The van der Waals surface area contributed by atoms with Crippen molar-refractivity contribution in [1.82, 2.24) is 0 Å². The average Bonchev–Trinajstić information content (AvgIpc) is 3.16. The van der Waals surface area contributed by atoms with Crippen LogP contribution in [0.5, 0.6) is 0 Å². The first-order valence-corrected chi connectivity index (χ1v) is 14.6. The molecule has 2 heteroatoms. The SMILES string of the molecule is C[C@H](CCCC(O)c1ccccc1Cl)[C@H]1CC[C@H]2[C@@H]3CC[C@H]4CCCC[C@]4(C)[C@H]3CC[C@]12C. The number of hydrogen-bond acceptors (Lipinski definition) is 1. The van der Waals surface area contributed by atoms with E-state index in [1.54, 1.807) is 0 Å². The van der Waals surface area contributed by atoms with Crippen LogP contribution in [0.15, 0.2) is 24.3 Å². The molecule has 0 saturated heterocycles. The standard InChI is InChI=1S/C31H47ClO/c1-21(9-8-13-29(33)24-11-4-5-12-28(24)32)25-16-17-26-23-15-14-22-10-6-7-19-30(22,2)27(23)18-20-31(25,26)3/h4-5,11-12,21-23,25-27,29,33H,6-10,13-20H2,1-3H3/t21-,22-,23+,25-,26+,27+,29?,30+,31-/m1/s1. The van der Waals surface area contributed by atoms with E-state index in [1.165, 1.54) is 70.6 Å². The lowest BCUT2D eigenvalue weighted by Gasteiger charge is -2.61. The van der Waals surface area contributed by atoms with Gasteiger partial charge in [-0.25, -0.2) is 0 Å². The molecule has 4 aliphatic carbocycles. The van der Waals surface area contributed by atoms with Crippen LogP contribution < -0.4 is 0 Å². The first kappa shape index (κ1) is 24.2. The summed E-state index contributed by atoms with van der Waals surface area (Å²) in [7, 11) is 0. The van der Waals surface area contributed by atoms with E-state index in [1.807, 2.05) is 24.3 Å². The van der Waals surface area contributed by atoms with Crippen molar-refractivity contribution in [3.05, 3.63) is 34.9 Å². The quantitative estimate of drug-likeness (QED) is 0.439. The Bertz CT molecular complexity index is 821. The molecule has 0 bridgehead atoms. The molecule has 0 radical (unpaired) electrons. The van der Waals surface area contributed by atoms with E-state index >= 15 is 0 Å². The Morgan fingerprint density at radius 3 is 2.52 bits per heavy atom. The van der Waals surface area contributed by atoms with Gasteiger partial charge in [0, 0.05) is 5.02 Å². The third-order valence-corrected chi connectivity index (χ3v) is 12.1. The molecule has 184 valence electrons. The van der Waals surface area contributed by atoms with Gasteiger partial charge in [0.15, 0.2) is 0 Å². The Morgan fingerprint density at radius 1 is 0.909 bits per heavy atom. The highest BCUT2D eigenvalue weighted by Crippen LogP contribution is 2.68. The Morgan fingerprint density at radius 2 is 1.70 bits per heavy atom. The van der Waals surface area contributed by atoms with Crippen molar-refractivity contribution < 1.29 is 5.11 Å². The van der Waals surface area contributed by atoms with Gasteiger partial charge >= 0.3 is 0 Å². The molecule has 0 amide bonds. The van der Waals surface area contributed by atoms with Crippen LogP contribution in [0.25, 0.3) is 0 Å². The van der Waals surface area contributed by atoms with Gasteiger partial charge in [-0.2, -0.15) is 0 Å². The van der Waals surface area contributed by atoms with Crippen molar-refractivity contribution in [3.63, 3.8) is 0 Å². The van der Waals surface area contributed by atoms with Crippen LogP contribution in [0.1, 0.15) is 116 Å². The van der Waals surface area contributed by atoms with Gasteiger partial charge in [0.25, 0.3) is 0 Å². The lowest BCUT2D eigenvalue weighted by Crippen LogP contribution is -2.53. The predicted octanol–water partition coefficient (Wildman–Crippen LogP) is 9.23. The molecule has 4 fully saturated rings. The Balaban J connectivity index is 1.21. The summed E-state index contributed by atoms with van der Waals surface area (Å²) in [5.74, 6) is 5.64. The van der Waals surface area contributed by atoms with Gasteiger partial charge in [-0.05, 0) is 116 Å². The smallest absolute Gasteiger partial charge is 0.0804 e. The van der Waals surface area contributed by atoms with Gasteiger partial charge in [-0.15, -0.1) is 0 Å². The first-order chi connectivity index (χ1) is 15.8. The minimum Gasteiger partial charge on any atom is -0.388 e. The van der Waals surface area contributed by atoms with E-state index in [2.05, 4.69) is 20.8 Å². The number of aliphatic hydroxyl groups excluding tert-OH is 1. The predicted molar refractivity (Wildman–Crippen MR) is 139 cm³/mol. The van der Waals surface area contributed by atoms with E-state index in [-0.39, 0.29) is 0 Å². The minimum atomic E-state index is -0.431. The first-order valence-electron chi connectivity index (χ1n) is 14.3. The summed E-state index contributed by atoms with van der Waals surface area (Å²) >= 11 is 6.31. The highest BCUT2D eigenvalue weighted by Gasteiger charge is 2.60. The monoisotopic (exact) mass is 470 g/mol. The van der Waals surface area contributed by atoms with Crippen molar-refractivity contribution >= 4 is 11.6 Å². The normalized spacial score (nSPS) is 42.2. The third kappa shape index (κ3) is 4.22. The fourth-order valence-corrected chi connectivity index (χ4v) is 10.3. The maximum absolute atomic E-state index is 10.7. The fourth-order valence-electron chi connectivity index (χ4n) is 10.0. The van der Waals surface area contributed by atoms with Crippen LogP contribution in [0, 0.1) is 46.3 Å². The van der Waals surface area contributed by atoms with E-state index < -0.39 is 6.10 Å². The molecule has 1 aromatic rings. The minimum absolute atomic E-state index is 0.431. The van der Waals surface area contributed by atoms with E-state index in [0.717, 1.165) is 53.9 Å². The zero-order valence-electron chi connectivity index (χ0n) is 21.4. The largest absolute Gasteiger partial charge is 0.388 e. The molecule has 5 rings (SSSR count). The number of fused-ring (bicyclic) bond motifs is 5. The second kappa shape index (κ2) is 9.50. The molecule has 4 saturated carbocycles. The molecule has 4 aliphatic rings. The summed E-state index contributed by atoms with van der Waals surface area (Å²) in [6.45, 7) is 7.91. The Labute approximate surface area is 208 Å². The van der Waals surface area contributed by atoms with E-state index in [9.17, 15) is 5.11 Å². The third-order valence-electron chi connectivity index (χ3n) is 11.7. The maximum Gasteiger partial charge on any atom is 0.0804 e. The molecule has 0 spiro atoms. The fraction of sp³-hybridized carbons (Fsp3) is 0.806. The van der Waals surface area contributed by atoms with Gasteiger partial charge in [0.1, 0.15) is 0 Å². The second-order valence-electron chi connectivity index (χ2n) is 13.1. The highest BCUT2D eigenvalue weighted by molar-refractivity contribution is 6.31. The van der Waals surface area contributed by atoms with Crippen LogP contribution in [0.3, 0.4) is 0 Å². The number of halogens is 1. The molecule has 1 nitrogen and oxygen atoms in total. The molecular formula is C31H47ClO. The van der Waals surface area contributed by atoms with Crippen molar-refractivity contribution in [1.29, 1.82) is 0 Å². The number of benzene rings is 1. The highest BCUT2D eigenvalue weighted by atomic mass is 35.5. The summed E-state index contributed by atoms with van der Waals surface area (Å²) in [6.07, 6.45) is 17.7.